The number of hydrogen-bond acceptors (Lipinski definition) is 2. The molecule has 0 aliphatic carbocycles. The van der Waals surface area contributed by atoms with E-state index < -0.39 is 0 Å². The van der Waals surface area contributed by atoms with Gasteiger partial charge in [-0.05, 0) is 30.2 Å². The summed E-state index contributed by atoms with van der Waals surface area (Å²) < 4.78 is 13.6. The van der Waals surface area contributed by atoms with Gasteiger partial charge in [0.1, 0.15) is 5.82 Å². The molecule has 0 bridgehead atoms. The smallest absolute Gasteiger partial charge is 0.126 e. The van der Waals surface area contributed by atoms with Crippen LogP contribution in [0.25, 0.3) is 0 Å². The minimum Gasteiger partial charge on any atom is -0.315 e. The van der Waals surface area contributed by atoms with Crippen LogP contribution in [-0.2, 0) is 5.41 Å². The Morgan fingerprint density at radius 3 is 2.72 bits per heavy atom. The number of nitrogens with one attached hydrogen (secondary N) is 1. The van der Waals surface area contributed by atoms with Gasteiger partial charge in [-0.3, -0.25) is 0 Å². The van der Waals surface area contributed by atoms with E-state index in [0.29, 0.717) is 30.1 Å². The van der Waals surface area contributed by atoms with Gasteiger partial charge in [-0.25, -0.2) is 4.39 Å². The fourth-order valence-electron chi connectivity index (χ4n) is 1.81. The maximum atomic E-state index is 13.6. The van der Waals surface area contributed by atoms with Gasteiger partial charge in [0, 0.05) is 29.9 Å². The first-order chi connectivity index (χ1) is 8.38. The molecular weight excluding hydrogens is 251 g/mol. The van der Waals surface area contributed by atoms with E-state index in [1.54, 1.807) is 13.0 Å². The monoisotopic (exact) mass is 268 g/mol. The van der Waals surface area contributed by atoms with Crippen LogP contribution in [0.1, 0.15) is 31.4 Å². The second-order valence-electron chi connectivity index (χ2n) is 5.05. The van der Waals surface area contributed by atoms with Crippen LogP contribution in [0.2, 0.25) is 5.02 Å². The maximum absolute atomic E-state index is 13.6. The highest BCUT2D eigenvalue weighted by Gasteiger charge is 2.24. The van der Waals surface area contributed by atoms with Crippen molar-refractivity contribution in [2.45, 2.75) is 32.6 Å². The first-order valence-corrected chi connectivity index (χ1v) is 6.30. The van der Waals surface area contributed by atoms with Crippen molar-refractivity contribution in [3.8, 4) is 6.07 Å². The Balaban J connectivity index is 2.84. The van der Waals surface area contributed by atoms with E-state index in [9.17, 15) is 4.39 Å². The molecule has 0 saturated carbocycles. The van der Waals surface area contributed by atoms with Crippen molar-refractivity contribution in [1.29, 1.82) is 5.26 Å². The lowest BCUT2D eigenvalue weighted by Crippen LogP contribution is -2.33. The molecule has 0 heterocycles. The van der Waals surface area contributed by atoms with Crippen LogP contribution >= 0.6 is 11.6 Å². The molecule has 0 saturated heterocycles. The second kappa shape index (κ2) is 6.17. The van der Waals surface area contributed by atoms with E-state index in [-0.39, 0.29) is 11.2 Å². The zero-order valence-corrected chi connectivity index (χ0v) is 11.7. The third kappa shape index (κ3) is 3.69. The molecule has 2 nitrogen and oxygen atoms in total. The summed E-state index contributed by atoms with van der Waals surface area (Å²) in [5, 5.41) is 12.2. The van der Waals surface area contributed by atoms with Crippen molar-refractivity contribution in [1.82, 2.24) is 5.32 Å². The first-order valence-electron chi connectivity index (χ1n) is 5.92. The number of benzene rings is 1. The lowest BCUT2D eigenvalue weighted by Gasteiger charge is -2.27. The predicted molar refractivity (Wildman–Crippen MR) is 72.3 cm³/mol. The highest BCUT2D eigenvalue weighted by atomic mass is 35.5. The fourth-order valence-corrected chi connectivity index (χ4v) is 2.28. The minimum atomic E-state index is -0.277. The van der Waals surface area contributed by atoms with Crippen LogP contribution in [0.3, 0.4) is 0 Å². The maximum Gasteiger partial charge on any atom is 0.126 e. The summed E-state index contributed by atoms with van der Waals surface area (Å²) in [6.45, 7) is 6.98. The van der Waals surface area contributed by atoms with Crippen molar-refractivity contribution in [2.24, 2.45) is 0 Å². The minimum absolute atomic E-state index is 0.237. The number of rotatable bonds is 5. The van der Waals surface area contributed by atoms with Crippen LogP contribution in [0.4, 0.5) is 4.39 Å². The van der Waals surface area contributed by atoms with E-state index in [2.05, 4.69) is 11.4 Å². The van der Waals surface area contributed by atoms with Crippen LogP contribution in [-0.4, -0.2) is 13.1 Å². The van der Waals surface area contributed by atoms with Crippen LogP contribution in [0, 0.1) is 24.1 Å². The largest absolute Gasteiger partial charge is 0.315 e. The molecule has 0 fully saturated rings. The highest BCUT2D eigenvalue weighted by molar-refractivity contribution is 6.31. The van der Waals surface area contributed by atoms with Crippen LogP contribution in [0.5, 0.6) is 0 Å². The SMILES string of the molecule is Cc1cc(Cl)c(C(C)(C)CNCCC#N)cc1F. The Kier molecular flexibility index (Phi) is 5.13. The molecule has 0 radical (unpaired) electrons. The third-order valence-corrected chi connectivity index (χ3v) is 3.27. The van der Waals surface area contributed by atoms with Gasteiger partial charge in [0.15, 0.2) is 0 Å². The van der Waals surface area contributed by atoms with Gasteiger partial charge < -0.3 is 5.32 Å². The summed E-state index contributed by atoms with van der Waals surface area (Å²) in [6, 6.07) is 5.23. The summed E-state index contributed by atoms with van der Waals surface area (Å²) in [5.41, 5.74) is 1.06. The molecule has 1 aromatic rings. The molecule has 4 heteroatoms. The molecule has 0 aliphatic rings. The molecule has 1 rings (SSSR count). The van der Waals surface area contributed by atoms with Gasteiger partial charge in [0.05, 0.1) is 6.07 Å². The Hall–Kier alpha value is -1.11. The van der Waals surface area contributed by atoms with E-state index in [1.165, 1.54) is 6.07 Å². The van der Waals surface area contributed by atoms with E-state index >= 15 is 0 Å². The van der Waals surface area contributed by atoms with Crippen molar-refractivity contribution in [3.63, 3.8) is 0 Å². The van der Waals surface area contributed by atoms with Gasteiger partial charge in [0.25, 0.3) is 0 Å². The van der Waals surface area contributed by atoms with Gasteiger partial charge in [0.2, 0.25) is 0 Å². The van der Waals surface area contributed by atoms with Crippen molar-refractivity contribution in [2.75, 3.05) is 13.1 Å². The molecular formula is C14H18ClFN2. The van der Waals surface area contributed by atoms with Crippen molar-refractivity contribution in [3.05, 3.63) is 34.1 Å². The summed E-state index contributed by atoms with van der Waals surface area (Å²) in [5.74, 6) is -0.237. The molecule has 98 valence electrons. The molecule has 0 aliphatic heterocycles. The Labute approximate surface area is 113 Å². The van der Waals surface area contributed by atoms with E-state index in [1.807, 2.05) is 13.8 Å². The van der Waals surface area contributed by atoms with Gasteiger partial charge in [-0.15, -0.1) is 0 Å². The lowest BCUT2D eigenvalue weighted by atomic mass is 9.84. The van der Waals surface area contributed by atoms with Gasteiger partial charge in [-0.2, -0.15) is 5.26 Å². The number of halogens is 2. The summed E-state index contributed by atoms with van der Waals surface area (Å²) >= 11 is 6.18. The number of nitriles is 1. The molecule has 1 aromatic carbocycles. The molecule has 18 heavy (non-hydrogen) atoms. The molecule has 0 aromatic heterocycles. The van der Waals surface area contributed by atoms with E-state index in [4.69, 9.17) is 16.9 Å². The Morgan fingerprint density at radius 1 is 1.44 bits per heavy atom. The van der Waals surface area contributed by atoms with Crippen LogP contribution < -0.4 is 5.32 Å². The van der Waals surface area contributed by atoms with Gasteiger partial charge >= 0.3 is 0 Å². The van der Waals surface area contributed by atoms with Crippen molar-refractivity contribution >= 4 is 11.6 Å². The zero-order valence-electron chi connectivity index (χ0n) is 11.0. The number of hydrogen-bond donors (Lipinski definition) is 1. The van der Waals surface area contributed by atoms with Gasteiger partial charge in [-0.1, -0.05) is 25.4 Å². The molecule has 0 amide bonds. The molecule has 0 unspecified atom stereocenters. The molecule has 0 spiro atoms. The normalized spacial score (nSPS) is 11.3. The molecule has 0 atom stereocenters. The van der Waals surface area contributed by atoms with Crippen LogP contribution in [0.15, 0.2) is 12.1 Å². The average molecular weight is 269 g/mol. The molecule has 1 N–H and O–H groups in total. The second-order valence-corrected chi connectivity index (χ2v) is 5.46. The van der Waals surface area contributed by atoms with Crippen molar-refractivity contribution < 1.29 is 4.39 Å². The predicted octanol–water partition coefficient (Wildman–Crippen LogP) is 3.57. The quantitative estimate of drug-likeness (QED) is 0.829. The average Bonchev–Trinajstić information content (AvgIpc) is 2.29. The lowest BCUT2D eigenvalue weighted by molar-refractivity contribution is 0.469. The third-order valence-electron chi connectivity index (χ3n) is 2.96. The summed E-state index contributed by atoms with van der Waals surface area (Å²) in [4.78, 5) is 0. The number of aryl methyl sites for hydroxylation is 1. The Morgan fingerprint density at radius 2 is 2.11 bits per heavy atom. The highest BCUT2D eigenvalue weighted by Crippen LogP contribution is 2.31. The fraction of sp³-hybridized carbons (Fsp3) is 0.500. The number of nitrogens with zero attached hydrogens (tertiary/aromatic N) is 1. The first kappa shape index (κ1) is 14.9. The van der Waals surface area contributed by atoms with E-state index in [0.717, 1.165) is 5.56 Å². The topological polar surface area (TPSA) is 35.8 Å². The Bertz CT molecular complexity index is 464. The zero-order chi connectivity index (χ0) is 13.8. The summed E-state index contributed by atoms with van der Waals surface area (Å²) in [6.07, 6.45) is 0.464. The standard InChI is InChI=1S/C14H18ClFN2/c1-10-7-12(15)11(8-13(10)16)14(2,3)9-18-6-4-5-17/h7-8,18H,4,6,9H2,1-3H3. The summed E-state index contributed by atoms with van der Waals surface area (Å²) in [7, 11) is 0.